The molecular weight excluding hydrogens is 236 g/mol. The molecule has 0 heterocycles. The molecule has 2 aliphatic rings. The molecule has 0 aliphatic heterocycles. The molecule has 3 N–H and O–H groups in total. The second-order valence-corrected chi connectivity index (χ2v) is 4.78. The molecule has 0 unspecified atom stereocenters. The van der Waals surface area contributed by atoms with E-state index < -0.39 is 0 Å². The predicted molar refractivity (Wildman–Crippen MR) is 66.4 cm³/mol. The van der Waals surface area contributed by atoms with Crippen molar-refractivity contribution >= 4 is 23.2 Å². The van der Waals surface area contributed by atoms with Crippen molar-refractivity contribution in [2.75, 3.05) is 0 Å². The van der Waals surface area contributed by atoms with Crippen LogP contribution < -0.4 is 16.2 Å². The van der Waals surface area contributed by atoms with Gasteiger partial charge in [0.05, 0.1) is 6.07 Å². The van der Waals surface area contributed by atoms with Crippen LogP contribution >= 0.6 is 12.2 Å². The number of carbonyl (C=O) groups is 1. The molecule has 17 heavy (non-hydrogen) atoms. The Morgan fingerprint density at radius 2 is 2.24 bits per heavy atom. The first-order valence-electron chi connectivity index (χ1n) is 5.59. The first kappa shape index (κ1) is 11.9. The van der Waals surface area contributed by atoms with Gasteiger partial charge < -0.3 is 5.32 Å². The second kappa shape index (κ2) is 5.15. The van der Waals surface area contributed by atoms with Crippen LogP contribution in [0.25, 0.3) is 0 Å². The molecular formula is C11H14N4OS. The zero-order chi connectivity index (χ0) is 12.3. The van der Waals surface area contributed by atoms with Gasteiger partial charge in [0.2, 0.25) is 0 Å². The first-order chi connectivity index (χ1) is 8.19. The number of nitrogens with zero attached hydrogens (tertiary/aromatic N) is 1. The van der Waals surface area contributed by atoms with Crippen LogP contribution in [-0.2, 0) is 4.79 Å². The molecule has 2 rings (SSSR count). The van der Waals surface area contributed by atoms with Gasteiger partial charge in [-0.2, -0.15) is 5.26 Å². The highest BCUT2D eigenvalue weighted by molar-refractivity contribution is 7.80. The quantitative estimate of drug-likeness (QED) is 0.375. The average Bonchev–Trinajstić information content (AvgIpc) is 2.88. The summed E-state index contributed by atoms with van der Waals surface area (Å²) in [6.45, 7) is 0. The number of rotatable bonds is 2. The van der Waals surface area contributed by atoms with Gasteiger partial charge in [0.1, 0.15) is 6.42 Å². The summed E-state index contributed by atoms with van der Waals surface area (Å²) in [5.41, 5.74) is 4.97. The number of hydrazine groups is 1. The number of nitrogens with one attached hydrogen (secondary N) is 3. The molecule has 0 aromatic heterocycles. The van der Waals surface area contributed by atoms with Gasteiger partial charge in [0.25, 0.3) is 5.91 Å². The predicted octanol–water partition coefficient (Wildman–Crippen LogP) is 0.360. The molecule has 2 bridgehead atoms. The van der Waals surface area contributed by atoms with Crippen LogP contribution in [0.2, 0.25) is 0 Å². The number of hydrogen-bond donors (Lipinski definition) is 3. The van der Waals surface area contributed by atoms with Crippen LogP contribution in [0.3, 0.4) is 0 Å². The van der Waals surface area contributed by atoms with Gasteiger partial charge in [-0.15, -0.1) is 0 Å². The largest absolute Gasteiger partial charge is 0.358 e. The third-order valence-corrected chi connectivity index (χ3v) is 3.37. The smallest absolute Gasteiger partial charge is 0.252 e. The van der Waals surface area contributed by atoms with Crippen LogP contribution in [0.5, 0.6) is 0 Å². The molecule has 1 amide bonds. The van der Waals surface area contributed by atoms with E-state index in [9.17, 15) is 4.79 Å². The third-order valence-electron chi connectivity index (χ3n) is 3.15. The Morgan fingerprint density at radius 1 is 1.41 bits per heavy atom. The second-order valence-electron chi connectivity index (χ2n) is 4.37. The fourth-order valence-corrected chi connectivity index (χ4v) is 2.60. The van der Waals surface area contributed by atoms with Gasteiger partial charge in [-0.3, -0.25) is 15.6 Å². The minimum absolute atomic E-state index is 0.174. The highest BCUT2D eigenvalue weighted by Gasteiger charge is 2.35. The molecule has 90 valence electrons. The number of allylic oxidation sites excluding steroid dienone is 1. The number of nitriles is 1. The molecule has 6 heteroatoms. The molecule has 0 saturated heterocycles. The summed E-state index contributed by atoms with van der Waals surface area (Å²) in [6.07, 6.45) is 6.60. The van der Waals surface area contributed by atoms with E-state index >= 15 is 0 Å². The van der Waals surface area contributed by atoms with Crippen LogP contribution in [0.15, 0.2) is 12.2 Å². The molecule has 0 radical (unpaired) electrons. The zero-order valence-electron chi connectivity index (χ0n) is 9.27. The van der Waals surface area contributed by atoms with Crippen molar-refractivity contribution in [3.05, 3.63) is 12.2 Å². The lowest BCUT2D eigenvalue weighted by molar-refractivity contribution is -0.120. The van der Waals surface area contributed by atoms with Crippen molar-refractivity contribution in [2.24, 2.45) is 11.8 Å². The average molecular weight is 250 g/mol. The van der Waals surface area contributed by atoms with E-state index in [0.717, 1.165) is 6.42 Å². The lowest BCUT2D eigenvalue weighted by atomic mass is 10.0. The van der Waals surface area contributed by atoms with E-state index in [-0.39, 0.29) is 12.3 Å². The molecule has 1 fully saturated rings. The van der Waals surface area contributed by atoms with E-state index in [0.29, 0.717) is 23.0 Å². The zero-order valence-corrected chi connectivity index (χ0v) is 10.1. The number of amides is 1. The molecule has 1 saturated carbocycles. The number of carbonyl (C=O) groups excluding carboxylic acids is 1. The maximum Gasteiger partial charge on any atom is 0.252 e. The van der Waals surface area contributed by atoms with E-state index in [1.54, 1.807) is 6.07 Å². The van der Waals surface area contributed by atoms with Crippen LogP contribution in [0.1, 0.15) is 19.3 Å². The van der Waals surface area contributed by atoms with Crippen LogP contribution in [0, 0.1) is 23.2 Å². The highest BCUT2D eigenvalue weighted by Crippen LogP contribution is 2.38. The molecule has 3 atom stereocenters. The Morgan fingerprint density at radius 3 is 2.82 bits per heavy atom. The van der Waals surface area contributed by atoms with E-state index in [2.05, 4.69) is 28.3 Å². The maximum atomic E-state index is 11.0. The Kier molecular flexibility index (Phi) is 3.59. The summed E-state index contributed by atoms with van der Waals surface area (Å²) in [6, 6.07) is 2.12. The summed E-state index contributed by atoms with van der Waals surface area (Å²) in [5, 5.41) is 11.9. The van der Waals surface area contributed by atoms with Crippen molar-refractivity contribution in [1.29, 1.82) is 5.26 Å². The Bertz CT molecular complexity index is 401. The monoisotopic (exact) mass is 250 g/mol. The highest BCUT2D eigenvalue weighted by atomic mass is 32.1. The van der Waals surface area contributed by atoms with Crippen molar-refractivity contribution in [1.82, 2.24) is 16.2 Å². The minimum atomic E-state index is -0.385. The van der Waals surface area contributed by atoms with Crippen molar-refractivity contribution in [3.63, 3.8) is 0 Å². The van der Waals surface area contributed by atoms with E-state index in [1.165, 1.54) is 6.42 Å². The Hall–Kier alpha value is -1.61. The third kappa shape index (κ3) is 2.94. The topological polar surface area (TPSA) is 77.0 Å². The van der Waals surface area contributed by atoms with Crippen molar-refractivity contribution in [2.45, 2.75) is 25.3 Å². The fraction of sp³-hybridized carbons (Fsp3) is 0.545. The Balaban J connectivity index is 1.70. The molecule has 0 spiro atoms. The summed E-state index contributed by atoms with van der Waals surface area (Å²) in [5.74, 6) is 0.840. The van der Waals surface area contributed by atoms with Crippen molar-refractivity contribution in [3.8, 4) is 6.07 Å². The van der Waals surface area contributed by atoms with Gasteiger partial charge in [-0.25, -0.2) is 0 Å². The summed E-state index contributed by atoms with van der Waals surface area (Å²) >= 11 is 5.06. The van der Waals surface area contributed by atoms with Gasteiger partial charge in [0, 0.05) is 6.04 Å². The normalized spacial score (nSPS) is 28.5. The number of fused-ring (bicyclic) bond motifs is 2. The van der Waals surface area contributed by atoms with Crippen molar-refractivity contribution < 1.29 is 4.79 Å². The minimum Gasteiger partial charge on any atom is -0.358 e. The standard InChI is InChI=1S/C11H14N4OS/c12-4-3-10(16)14-15-11(17)13-9-6-7-1-2-8(9)5-7/h1-2,7-9H,3,5-6H2,(H,14,16)(H2,13,15,17)/t7-,8+,9+/m1/s1. The van der Waals surface area contributed by atoms with Gasteiger partial charge >= 0.3 is 0 Å². The number of hydrogen-bond acceptors (Lipinski definition) is 3. The van der Waals surface area contributed by atoms with Gasteiger partial charge in [-0.1, -0.05) is 12.2 Å². The van der Waals surface area contributed by atoms with Gasteiger partial charge in [0.15, 0.2) is 5.11 Å². The molecule has 0 aromatic rings. The first-order valence-corrected chi connectivity index (χ1v) is 6.00. The summed E-state index contributed by atoms with van der Waals surface area (Å²) < 4.78 is 0. The van der Waals surface area contributed by atoms with E-state index in [1.807, 2.05) is 0 Å². The molecule has 0 aromatic carbocycles. The number of thiocarbonyl (C=S) groups is 1. The lowest BCUT2D eigenvalue weighted by Gasteiger charge is -2.21. The van der Waals surface area contributed by atoms with E-state index in [4.69, 9.17) is 17.5 Å². The van der Waals surface area contributed by atoms with Gasteiger partial charge in [-0.05, 0) is 36.9 Å². The Labute approximate surface area is 105 Å². The fourth-order valence-electron chi connectivity index (χ4n) is 2.39. The summed E-state index contributed by atoms with van der Waals surface area (Å²) in [7, 11) is 0. The molecule has 5 nitrogen and oxygen atoms in total. The molecule has 2 aliphatic carbocycles. The lowest BCUT2D eigenvalue weighted by Crippen LogP contribution is -2.50. The van der Waals surface area contributed by atoms with Crippen LogP contribution in [-0.4, -0.2) is 17.1 Å². The van der Waals surface area contributed by atoms with Crippen LogP contribution in [0.4, 0.5) is 0 Å². The SMILES string of the molecule is N#CCC(=O)NNC(=S)N[C@H]1C[C@@H]2C=C[C@H]1C2. The maximum absolute atomic E-state index is 11.0. The summed E-state index contributed by atoms with van der Waals surface area (Å²) in [4.78, 5) is 11.0.